The van der Waals surface area contributed by atoms with Gasteiger partial charge in [-0.25, -0.2) is 4.18 Å². The molecule has 27 nitrogen and oxygen atoms in total. The minimum atomic E-state index is -5.20. The summed E-state index contributed by atoms with van der Waals surface area (Å²) in [5, 5.41) is 124. The van der Waals surface area contributed by atoms with Crippen LogP contribution in [0.5, 0.6) is 0 Å². The average molecular weight is 1200 g/mol. The number of ether oxygens (including phenoxy) is 10. The second-order valence-electron chi connectivity index (χ2n) is 25.9. The van der Waals surface area contributed by atoms with Gasteiger partial charge in [-0.2, -0.15) is 8.42 Å². The highest BCUT2D eigenvalue weighted by atomic mass is 32.3. The average Bonchev–Trinajstić information content (AvgIpc) is 1.49. The van der Waals surface area contributed by atoms with Crippen LogP contribution in [0.25, 0.3) is 0 Å². The molecule has 28 atom stereocenters. The molecular formula is C54H86O27S. The zero-order chi connectivity index (χ0) is 60.4. The second kappa shape index (κ2) is 23.2. The molecule has 8 fully saturated rings. The lowest BCUT2D eigenvalue weighted by molar-refractivity contribution is -0.389. The van der Waals surface area contributed by atoms with Crippen LogP contribution in [-0.2, 0) is 71.5 Å². The van der Waals surface area contributed by atoms with Crippen LogP contribution in [-0.4, -0.2) is 248 Å². The van der Waals surface area contributed by atoms with E-state index in [0.717, 1.165) is 5.57 Å². The summed E-state index contributed by atoms with van der Waals surface area (Å²) < 4.78 is 97.5. The van der Waals surface area contributed by atoms with E-state index in [1.165, 1.54) is 21.0 Å². The van der Waals surface area contributed by atoms with Crippen molar-refractivity contribution in [3.05, 3.63) is 11.6 Å². The Balaban J connectivity index is 0.916. The number of fused-ring (bicyclic) bond motifs is 4. The van der Waals surface area contributed by atoms with E-state index in [1.54, 1.807) is 6.08 Å². The van der Waals surface area contributed by atoms with Crippen molar-refractivity contribution in [2.45, 2.75) is 247 Å². The van der Waals surface area contributed by atoms with Gasteiger partial charge in [-0.3, -0.25) is 14.1 Å². The van der Waals surface area contributed by atoms with Crippen molar-refractivity contribution in [3.8, 4) is 0 Å². The van der Waals surface area contributed by atoms with Gasteiger partial charge in [0.25, 0.3) is 0 Å². The maximum Gasteiger partial charge on any atom is 0.397 e. The summed E-state index contributed by atoms with van der Waals surface area (Å²) in [6, 6.07) is 0. The third kappa shape index (κ3) is 10.2. The molecule has 470 valence electrons. The predicted octanol–water partition coefficient (Wildman–Crippen LogP) is -2.22. The van der Waals surface area contributed by atoms with Gasteiger partial charge in [-0.1, -0.05) is 53.2 Å². The maximum atomic E-state index is 14.5. The Morgan fingerprint density at radius 2 is 1.30 bits per heavy atom. The molecule has 0 aromatic rings. The van der Waals surface area contributed by atoms with Gasteiger partial charge in [0.05, 0.1) is 38.1 Å². The van der Waals surface area contributed by atoms with Crippen molar-refractivity contribution in [1.29, 1.82) is 0 Å². The van der Waals surface area contributed by atoms with Gasteiger partial charge in [-0.05, 0) is 92.8 Å². The quantitative estimate of drug-likeness (QED) is 0.0318. The van der Waals surface area contributed by atoms with Gasteiger partial charge < -0.3 is 104 Å². The first-order valence-electron chi connectivity index (χ1n) is 28.5. The van der Waals surface area contributed by atoms with E-state index in [2.05, 4.69) is 6.92 Å². The van der Waals surface area contributed by atoms with E-state index in [9.17, 15) is 78.7 Å². The molecule has 1 spiro atoms. The Labute approximate surface area is 475 Å². The van der Waals surface area contributed by atoms with Gasteiger partial charge in [0.15, 0.2) is 36.5 Å². The second-order valence-corrected chi connectivity index (χ2v) is 26.9. The third-order valence-electron chi connectivity index (χ3n) is 20.7. The molecule has 5 saturated heterocycles. The summed E-state index contributed by atoms with van der Waals surface area (Å²) >= 11 is 0. The standard InChI is InChI=1S/C54H86O27S/c1-22(2)10-13-30(57)52(8)53(67)17-16-51(7)24-11-12-29-49(4,5)32(14-15-50(29,6)25(24)18-31(58)54(51,53)48(66)80-52)76-47-43(35(61)28(21-72-47)81-82(68,69)70)79-44-37(63)36(62)40(23(3)73-44)77-46-39(65)42(34(60)27(20-56)75-46)78-45-38(64)41(71-9)33(59)26(19-55)74-45/h18,22-24,26-29,31-47,55-56,58-65,67H,10-17,19-21H2,1-9H3,(H,68,69,70)/t23-,24-,26-,27-,28+,29+,31+,32+,33-,34-,35+,36-,37-,38-,39-,40-,41+,42+,43-,44+,45+,46+,47+,50-,51+,52+,53+,54-/m1/s1. The van der Waals surface area contributed by atoms with Gasteiger partial charge in [0, 0.05) is 13.5 Å². The van der Waals surface area contributed by atoms with Gasteiger partial charge in [-0.15, -0.1) is 0 Å². The molecule has 12 N–H and O–H groups in total. The van der Waals surface area contributed by atoms with Crippen LogP contribution in [0.1, 0.15) is 107 Å². The Hall–Kier alpha value is -2.05. The number of aliphatic hydroxyl groups excluding tert-OH is 10. The molecule has 5 heterocycles. The van der Waals surface area contributed by atoms with Crippen LogP contribution in [0.4, 0.5) is 0 Å². The molecule has 4 aliphatic carbocycles. The van der Waals surface area contributed by atoms with Crippen molar-refractivity contribution in [1.82, 2.24) is 0 Å². The number of Topliss-reactive ketones (excluding diaryl/α,β-unsaturated/α-hetero) is 1. The Morgan fingerprint density at radius 1 is 0.720 bits per heavy atom. The molecule has 0 bridgehead atoms. The van der Waals surface area contributed by atoms with Gasteiger partial charge in [0.1, 0.15) is 96.5 Å². The van der Waals surface area contributed by atoms with Crippen LogP contribution in [0.2, 0.25) is 0 Å². The summed E-state index contributed by atoms with van der Waals surface area (Å²) in [5.74, 6) is -1.46. The van der Waals surface area contributed by atoms with Crippen LogP contribution < -0.4 is 0 Å². The highest BCUT2D eigenvalue weighted by Crippen LogP contribution is 2.77. The monoisotopic (exact) mass is 1200 g/mol. The number of aliphatic hydroxyl groups is 11. The zero-order valence-electron chi connectivity index (χ0n) is 47.6. The molecule has 0 radical (unpaired) electrons. The SMILES string of the molecule is CO[C@@H]1[C@@H](O)[C@H](O[C@@H]2[C@@H](O)[C@H](O[C@H]3[C@H](O)[C@@H](O)[C@H](O[C@H]4[C@H](O[C@H]5CC[C@]6(C)C7=C[C@H](O)[C@]89C(=O)O[C@@](C)(C(=O)CCC(C)C)[C@@]8(O)CC[C@@]9(C)[C@@H]7CC[C@H]6C5(C)C)OC[C@H](OS(=O)(=O)O)[C@@H]4O)O[C@@H]3C)O[C@H](CO)[C@H]2O)O[C@H](CO)[C@H]1O. The van der Waals surface area contributed by atoms with Crippen LogP contribution in [0, 0.1) is 39.4 Å². The Kier molecular flexibility index (Phi) is 18.2. The number of hydrogen-bond acceptors (Lipinski definition) is 26. The summed E-state index contributed by atoms with van der Waals surface area (Å²) in [5.41, 5.74) is -7.11. The molecule has 0 unspecified atom stereocenters. The topological polar surface area (TPSA) is 413 Å². The van der Waals surface area contributed by atoms with E-state index in [4.69, 9.17) is 51.6 Å². The Morgan fingerprint density at radius 3 is 1.90 bits per heavy atom. The first-order chi connectivity index (χ1) is 38.2. The molecule has 0 aromatic heterocycles. The summed E-state index contributed by atoms with van der Waals surface area (Å²) in [7, 11) is -4.03. The lowest BCUT2D eigenvalue weighted by atomic mass is 9.40. The molecule has 3 saturated carbocycles. The molecule has 82 heavy (non-hydrogen) atoms. The number of allylic oxidation sites excluding steroid dienone is 1. The largest absolute Gasteiger partial charge is 0.448 e. The number of ketones is 1. The van der Waals surface area contributed by atoms with Crippen molar-refractivity contribution >= 4 is 22.2 Å². The van der Waals surface area contributed by atoms with Gasteiger partial charge in [0.2, 0.25) is 0 Å². The first kappa shape index (κ1) is 64.4. The fourth-order valence-corrected chi connectivity index (χ4v) is 16.7. The fraction of sp³-hybridized carbons (Fsp3) is 0.926. The fourth-order valence-electron chi connectivity index (χ4n) is 16.2. The smallest absolute Gasteiger partial charge is 0.397 e. The molecule has 9 rings (SSSR count). The number of methoxy groups -OCH3 is 1. The Bertz CT molecular complexity index is 2470. The van der Waals surface area contributed by atoms with Crippen LogP contribution in [0.15, 0.2) is 11.6 Å². The third-order valence-corrected chi connectivity index (χ3v) is 21.2. The highest BCUT2D eigenvalue weighted by molar-refractivity contribution is 7.80. The molecule has 0 aromatic carbocycles. The number of esters is 1. The predicted molar refractivity (Wildman–Crippen MR) is 274 cm³/mol. The van der Waals surface area contributed by atoms with Crippen LogP contribution >= 0.6 is 0 Å². The van der Waals surface area contributed by atoms with E-state index in [1.807, 2.05) is 34.6 Å². The van der Waals surface area contributed by atoms with Crippen molar-refractivity contribution < 1.29 is 130 Å². The lowest BCUT2D eigenvalue weighted by Gasteiger charge is -2.64. The summed E-state index contributed by atoms with van der Waals surface area (Å²) in [4.78, 5) is 28.5. The van der Waals surface area contributed by atoms with E-state index >= 15 is 0 Å². The lowest BCUT2D eigenvalue weighted by Crippen LogP contribution is -2.69. The molecule has 5 aliphatic heterocycles. The van der Waals surface area contributed by atoms with Crippen molar-refractivity contribution in [3.63, 3.8) is 0 Å². The number of carbonyl (C=O) groups is 2. The number of hydrogen-bond donors (Lipinski definition) is 12. The molecule has 9 aliphatic rings. The number of carbonyl (C=O) groups excluding carboxylic acids is 2. The van der Waals surface area contributed by atoms with Crippen LogP contribution in [0.3, 0.4) is 0 Å². The maximum absolute atomic E-state index is 14.5. The number of cyclic esters (lactones) is 1. The normalized spacial score (nSPS) is 51.1. The van der Waals surface area contributed by atoms with E-state index in [-0.39, 0.29) is 36.4 Å². The zero-order valence-corrected chi connectivity index (χ0v) is 48.4. The molecular weight excluding hydrogens is 1110 g/mol. The van der Waals surface area contributed by atoms with Crippen molar-refractivity contribution in [2.24, 2.45) is 39.4 Å². The summed E-state index contributed by atoms with van der Waals surface area (Å²) in [6.45, 7) is 12.6. The molecule has 0 amide bonds. The molecule has 28 heteroatoms. The minimum absolute atomic E-state index is 0.0625. The summed E-state index contributed by atoms with van der Waals surface area (Å²) in [6.07, 6.45) is -30.0. The first-order valence-corrected chi connectivity index (χ1v) is 29.8. The van der Waals surface area contributed by atoms with Crippen molar-refractivity contribution in [2.75, 3.05) is 26.9 Å². The minimum Gasteiger partial charge on any atom is -0.448 e. The van der Waals surface area contributed by atoms with Gasteiger partial charge >= 0.3 is 16.4 Å². The highest BCUT2D eigenvalue weighted by Gasteiger charge is 2.87. The number of rotatable bonds is 17. The van der Waals surface area contributed by atoms with E-state index < -0.39 is 198 Å². The van der Waals surface area contributed by atoms with E-state index in [0.29, 0.717) is 38.5 Å².